The summed E-state index contributed by atoms with van der Waals surface area (Å²) < 4.78 is 5.30. The normalized spacial score (nSPS) is 19.5. The molecule has 2 N–H and O–H groups in total. The lowest BCUT2D eigenvalue weighted by Crippen LogP contribution is -2.53. The molecule has 2 rings (SSSR count). The van der Waals surface area contributed by atoms with Crippen LogP contribution in [0.3, 0.4) is 0 Å². The van der Waals surface area contributed by atoms with Gasteiger partial charge in [0.15, 0.2) is 0 Å². The average molecular weight is 340 g/mol. The number of nitrogens with two attached hydrogens (primary N) is 1. The molecule has 2 aliphatic heterocycles. The summed E-state index contributed by atoms with van der Waals surface area (Å²) in [6, 6.07) is 0. The van der Waals surface area contributed by atoms with Crippen LogP contribution in [0.15, 0.2) is 0 Å². The molecule has 0 aliphatic carbocycles. The Hall–Kier alpha value is -1.18. The molecule has 2 fully saturated rings. The number of carbonyl (C=O) groups excluding carboxylic acids is 2. The van der Waals surface area contributed by atoms with E-state index in [1.165, 1.54) is 0 Å². The second-order valence-corrected chi connectivity index (χ2v) is 6.60. The Kier molecular flexibility index (Phi) is 8.49. The van der Waals surface area contributed by atoms with Crippen molar-refractivity contribution in [2.45, 2.75) is 32.1 Å². The van der Waals surface area contributed by atoms with Gasteiger partial charge in [0.05, 0.1) is 19.8 Å². The summed E-state index contributed by atoms with van der Waals surface area (Å²) in [4.78, 5) is 30.5. The van der Waals surface area contributed by atoms with E-state index in [4.69, 9.17) is 10.5 Å². The fourth-order valence-electron chi connectivity index (χ4n) is 3.19. The molecular weight excluding hydrogens is 308 g/mol. The number of hydrogen-bond acceptors (Lipinski definition) is 5. The first-order chi connectivity index (χ1) is 11.7. The second-order valence-electron chi connectivity index (χ2n) is 6.60. The number of piperazine rings is 1. The summed E-state index contributed by atoms with van der Waals surface area (Å²) in [6.07, 6.45) is 4.77. The lowest BCUT2D eigenvalue weighted by molar-refractivity contribution is -0.140. The Morgan fingerprint density at radius 2 is 1.38 bits per heavy atom. The van der Waals surface area contributed by atoms with Gasteiger partial charge in [0.2, 0.25) is 11.8 Å². The van der Waals surface area contributed by atoms with Gasteiger partial charge in [-0.05, 0) is 19.4 Å². The molecule has 2 heterocycles. The topological polar surface area (TPSA) is 79.1 Å². The van der Waals surface area contributed by atoms with E-state index in [1.54, 1.807) is 0 Å². The Labute approximate surface area is 145 Å². The molecule has 0 radical (unpaired) electrons. The van der Waals surface area contributed by atoms with Crippen LogP contribution in [-0.2, 0) is 14.3 Å². The number of unbranched alkanes of at least 4 members (excludes halogenated alkanes) is 3. The standard InChI is InChI=1S/C17H32N4O3/c18-6-4-2-1-3-5-16(22)20-7-9-21(10-8-20)17(23)15-19-11-13-24-14-12-19/h1-15,18H2. The molecule has 7 nitrogen and oxygen atoms in total. The molecular formula is C17H32N4O3. The van der Waals surface area contributed by atoms with Crippen LogP contribution in [-0.4, -0.2) is 92.1 Å². The van der Waals surface area contributed by atoms with E-state index < -0.39 is 0 Å². The summed E-state index contributed by atoms with van der Waals surface area (Å²) in [7, 11) is 0. The van der Waals surface area contributed by atoms with Crippen LogP contribution in [0.2, 0.25) is 0 Å². The molecule has 7 heteroatoms. The highest BCUT2D eigenvalue weighted by molar-refractivity contribution is 5.79. The van der Waals surface area contributed by atoms with E-state index in [9.17, 15) is 9.59 Å². The summed E-state index contributed by atoms with van der Waals surface area (Å²) in [6.45, 7) is 6.91. The van der Waals surface area contributed by atoms with Gasteiger partial charge in [-0.3, -0.25) is 14.5 Å². The Bertz CT molecular complexity index is 391. The molecule has 24 heavy (non-hydrogen) atoms. The van der Waals surface area contributed by atoms with E-state index >= 15 is 0 Å². The van der Waals surface area contributed by atoms with Crippen molar-refractivity contribution in [2.75, 3.05) is 65.6 Å². The molecule has 2 amide bonds. The molecule has 0 bridgehead atoms. The van der Waals surface area contributed by atoms with Gasteiger partial charge in [0.1, 0.15) is 0 Å². The number of morpholine rings is 1. The lowest BCUT2D eigenvalue weighted by atomic mass is 10.1. The van der Waals surface area contributed by atoms with Gasteiger partial charge >= 0.3 is 0 Å². The van der Waals surface area contributed by atoms with Gasteiger partial charge < -0.3 is 20.3 Å². The van der Waals surface area contributed by atoms with Crippen molar-refractivity contribution in [1.29, 1.82) is 0 Å². The monoisotopic (exact) mass is 340 g/mol. The van der Waals surface area contributed by atoms with Crippen molar-refractivity contribution in [2.24, 2.45) is 5.73 Å². The van der Waals surface area contributed by atoms with Crippen LogP contribution in [0, 0.1) is 0 Å². The van der Waals surface area contributed by atoms with Crippen LogP contribution >= 0.6 is 0 Å². The zero-order valence-electron chi connectivity index (χ0n) is 14.8. The minimum Gasteiger partial charge on any atom is -0.379 e. The van der Waals surface area contributed by atoms with Crippen molar-refractivity contribution < 1.29 is 14.3 Å². The number of ether oxygens (including phenoxy) is 1. The average Bonchev–Trinajstić information content (AvgIpc) is 2.62. The van der Waals surface area contributed by atoms with Gasteiger partial charge in [-0.15, -0.1) is 0 Å². The maximum atomic E-state index is 12.3. The number of amides is 2. The van der Waals surface area contributed by atoms with Crippen molar-refractivity contribution in [3.8, 4) is 0 Å². The SMILES string of the molecule is NCCCCCCC(=O)N1CCN(C(=O)CN2CCOCC2)CC1. The Balaban J connectivity index is 1.61. The minimum atomic E-state index is 0.172. The third-order valence-electron chi connectivity index (χ3n) is 4.79. The van der Waals surface area contributed by atoms with Crippen molar-refractivity contribution in [3.63, 3.8) is 0 Å². The van der Waals surface area contributed by atoms with Gasteiger partial charge in [-0.25, -0.2) is 0 Å². The molecule has 0 aromatic heterocycles. The fourth-order valence-corrected chi connectivity index (χ4v) is 3.19. The molecule has 0 spiro atoms. The highest BCUT2D eigenvalue weighted by Gasteiger charge is 2.25. The number of rotatable bonds is 8. The summed E-state index contributed by atoms with van der Waals surface area (Å²) in [5.41, 5.74) is 5.47. The molecule has 0 aromatic carbocycles. The van der Waals surface area contributed by atoms with Gasteiger partial charge in [0.25, 0.3) is 0 Å². The zero-order valence-corrected chi connectivity index (χ0v) is 14.8. The third kappa shape index (κ3) is 6.37. The van der Waals surface area contributed by atoms with Crippen LogP contribution in [0.25, 0.3) is 0 Å². The predicted molar refractivity (Wildman–Crippen MR) is 92.6 cm³/mol. The molecule has 2 saturated heterocycles. The van der Waals surface area contributed by atoms with Crippen LogP contribution in [0.4, 0.5) is 0 Å². The van der Waals surface area contributed by atoms with E-state index in [0.29, 0.717) is 52.4 Å². The van der Waals surface area contributed by atoms with E-state index in [-0.39, 0.29) is 11.8 Å². The maximum Gasteiger partial charge on any atom is 0.236 e. The molecule has 0 atom stereocenters. The van der Waals surface area contributed by atoms with Gasteiger partial charge in [-0.1, -0.05) is 12.8 Å². The Morgan fingerprint density at radius 1 is 0.792 bits per heavy atom. The summed E-state index contributed by atoms with van der Waals surface area (Å²) >= 11 is 0. The first-order valence-corrected chi connectivity index (χ1v) is 9.26. The first kappa shape index (κ1) is 19.1. The van der Waals surface area contributed by atoms with Crippen molar-refractivity contribution in [3.05, 3.63) is 0 Å². The first-order valence-electron chi connectivity index (χ1n) is 9.26. The van der Waals surface area contributed by atoms with E-state index in [1.807, 2.05) is 9.80 Å². The molecule has 2 aliphatic rings. The van der Waals surface area contributed by atoms with Crippen LogP contribution < -0.4 is 5.73 Å². The lowest BCUT2D eigenvalue weighted by Gasteiger charge is -2.36. The third-order valence-corrected chi connectivity index (χ3v) is 4.79. The smallest absolute Gasteiger partial charge is 0.236 e. The van der Waals surface area contributed by atoms with Crippen LogP contribution in [0.5, 0.6) is 0 Å². The van der Waals surface area contributed by atoms with Crippen molar-refractivity contribution in [1.82, 2.24) is 14.7 Å². The summed E-state index contributed by atoms with van der Waals surface area (Å²) in [5, 5.41) is 0. The molecule has 0 unspecified atom stereocenters. The number of carbonyl (C=O) groups is 2. The largest absolute Gasteiger partial charge is 0.379 e. The Morgan fingerprint density at radius 3 is 2.00 bits per heavy atom. The fraction of sp³-hybridized carbons (Fsp3) is 0.882. The second kappa shape index (κ2) is 10.6. The highest BCUT2D eigenvalue weighted by Crippen LogP contribution is 2.09. The van der Waals surface area contributed by atoms with Gasteiger partial charge in [0, 0.05) is 45.7 Å². The van der Waals surface area contributed by atoms with E-state index in [0.717, 1.165) is 45.3 Å². The zero-order chi connectivity index (χ0) is 17.2. The minimum absolute atomic E-state index is 0.172. The summed E-state index contributed by atoms with van der Waals surface area (Å²) in [5.74, 6) is 0.397. The molecule has 138 valence electrons. The quantitative estimate of drug-likeness (QED) is 0.624. The van der Waals surface area contributed by atoms with Crippen molar-refractivity contribution >= 4 is 11.8 Å². The molecule has 0 aromatic rings. The van der Waals surface area contributed by atoms with E-state index in [2.05, 4.69) is 4.90 Å². The predicted octanol–water partition coefficient (Wildman–Crippen LogP) is -0.101. The van der Waals surface area contributed by atoms with Crippen LogP contribution in [0.1, 0.15) is 32.1 Å². The maximum absolute atomic E-state index is 12.3. The highest BCUT2D eigenvalue weighted by atomic mass is 16.5. The number of nitrogens with zero attached hydrogens (tertiary/aromatic N) is 3. The molecule has 0 saturated carbocycles. The van der Waals surface area contributed by atoms with Gasteiger partial charge in [-0.2, -0.15) is 0 Å². The number of hydrogen-bond donors (Lipinski definition) is 1.